The van der Waals surface area contributed by atoms with Crippen molar-refractivity contribution in [2.24, 2.45) is 5.73 Å². The van der Waals surface area contributed by atoms with Crippen LogP contribution in [0, 0.1) is 0 Å². The second-order valence-corrected chi connectivity index (χ2v) is 6.97. The van der Waals surface area contributed by atoms with Crippen LogP contribution in [-0.4, -0.2) is 5.91 Å². The maximum atomic E-state index is 10.9. The molecule has 0 saturated carbocycles. The van der Waals surface area contributed by atoms with Crippen molar-refractivity contribution in [2.45, 2.75) is 19.4 Å². The van der Waals surface area contributed by atoms with Crippen LogP contribution < -0.4 is 10.5 Å². The van der Waals surface area contributed by atoms with E-state index in [0.29, 0.717) is 38.3 Å². The highest BCUT2D eigenvalue weighted by Crippen LogP contribution is 2.35. The van der Waals surface area contributed by atoms with E-state index >= 15 is 0 Å². The Balaban J connectivity index is 2.10. The number of hydrogen-bond donors (Lipinski definition) is 1. The summed E-state index contributed by atoms with van der Waals surface area (Å²) in [5.41, 5.74) is 6.93. The van der Waals surface area contributed by atoms with Crippen molar-refractivity contribution in [1.82, 2.24) is 0 Å². The normalized spacial score (nSPS) is 10.6. The van der Waals surface area contributed by atoms with Crippen molar-refractivity contribution in [3.05, 3.63) is 61.0 Å². The first-order valence-electron chi connectivity index (χ1n) is 6.69. The molecule has 0 aliphatic heterocycles. The van der Waals surface area contributed by atoms with Gasteiger partial charge in [0.05, 0.1) is 19.5 Å². The zero-order chi connectivity index (χ0) is 17.0. The number of aryl methyl sites for hydroxylation is 1. The monoisotopic (exact) mass is 435 g/mol. The zero-order valence-electron chi connectivity index (χ0n) is 11.9. The Bertz CT molecular complexity index is 714. The van der Waals surface area contributed by atoms with Crippen LogP contribution in [0.25, 0.3) is 0 Å². The van der Waals surface area contributed by atoms with Crippen molar-refractivity contribution in [3.63, 3.8) is 0 Å². The van der Waals surface area contributed by atoms with Gasteiger partial charge in [-0.25, -0.2) is 0 Å². The van der Waals surface area contributed by atoms with Crippen LogP contribution in [-0.2, 0) is 17.8 Å². The summed E-state index contributed by atoms with van der Waals surface area (Å²) in [5.74, 6) is 0.178. The molecular weight excluding hydrogens is 424 g/mol. The number of ether oxygens (including phenoxy) is 1. The molecule has 0 fully saturated rings. The molecule has 1 amide bonds. The first-order valence-corrected chi connectivity index (χ1v) is 8.62. The molecule has 122 valence electrons. The summed E-state index contributed by atoms with van der Waals surface area (Å²) in [6.45, 7) is 0.301. The van der Waals surface area contributed by atoms with E-state index in [1.165, 1.54) is 0 Å². The third-order valence-corrected chi connectivity index (χ3v) is 4.69. The first-order chi connectivity index (χ1) is 10.9. The quantitative estimate of drug-likeness (QED) is 0.657. The van der Waals surface area contributed by atoms with Crippen molar-refractivity contribution in [3.8, 4) is 5.75 Å². The molecule has 3 nitrogen and oxygen atoms in total. The number of carbonyl (C=O) groups excluding carboxylic acids is 1. The number of carbonyl (C=O) groups is 1. The topological polar surface area (TPSA) is 52.3 Å². The Morgan fingerprint density at radius 3 is 2.35 bits per heavy atom. The lowest BCUT2D eigenvalue weighted by Crippen LogP contribution is -2.11. The van der Waals surface area contributed by atoms with Gasteiger partial charge in [-0.1, -0.05) is 40.9 Å². The number of primary amides is 1. The lowest BCUT2D eigenvalue weighted by atomic mass is 10.1. The van der Waals surface area contributed by atoms with Gasteiger partial charge in [-0.3, -0.25) is 4.79 Å². The summed E-state index contributed by atoms with van der Waals surface area (Å²) in [5, 5.41) is 1.42. The van der Waals surface area contributed by atoms with E-state index in [0.717, 1.165) is 11.1 Å². The maximum Gasteiger partial charge on any atom is 0.217 e. The molecule has 23 heavy (non-hydrogen) atoms. The van der Waals surface area contributed by atoms with E-state index in [1.807, 2.05) is 12.1 Å². The minimum absolute atomic E-state index is 0.270. The predicted molar refractivity (Wildman–Crippen MR) is 97.5 cm³/mol. The molecule has 2 aromatic rings. The van der Waals surface area contributed by atoms with Gasteiger partial charge in [0.1, 0.15) is 6.61 Å². The zero-order valence-corrected chi connectivity index (χ0v) is 15.8. The lowest BCUT2D eigenvalue weighted by molar-refractivity contribution is -0.117. The SMILES string of the molecule is NC(=O)CCc1cc(Cl)c(OCc2ccc(Cl)c(Cl)c2)c(Br)c1. The molecular formula is C16H13BrCl3NO2. The first kappa shape index (κ1) is 18.4. The summed E-state index contributed by atoms with van der Waals surface area (Å²) in [6, 6.07) is 8.91. The van der Waals surface area contributed by atoms with Crippen molar-refractivity contribution in [2.75, 3.05) is 0 Å². The number of amides is 1. The molecule has 0 spiro atoms. The highest BCUT2D eigenvalue weighted by Gasteiger charge is 2.11. The van der Waals surface area contributed by atoms with E-state index in [2.05, 4.69) is 15.9 Å². The molecule has 7 heteroatoms. The van der Waals surface area contributed by atoms with Gasteiger partial charge in [0.15, 0.2) is 5.75 Å². The van der Waals surface area contributed by atoms with Gasteiger partial charge in [0.25, 0.3) is 0 Å². The average Bonchev–Trinajstić information content (AvgIpc) is 2.48. The maximum absolute atomic E-state index is 10.9. The number of nitrogens with two attached hydrogens (primary N) is 1. The number of hydrogen-bond acceptors (Lipinski definition) is 2. The molecule has 0 heterocycles. The van der Waals surface area contributed by atoms with Gasteiger partial charge in [-0.05, 0) is 57.7 Å². The van der Waals surface area contributed by atoms with E-state index in [9.17, 15) is 4.79 Å². The second kappa shape index (κ2) is 8.25. The third-order valence-electron chi connectivity index (χ3n) is 3.09. The Hall–Kier alpha value is -0.940. The van der Waals surface area contributed by atoms with Gasteiger partial charge in [-0.2, -0.15) is 0 Å². The largest absolute Gasteiger partial charge is 0.486 e. The summed E-state index contributed by atoms with van der Waals surface area (Å²) in [4.78, 5) is 10.9. The van der Waals surface area contributed by atoms with Crippen LogP contribution in [0.4, 0.5) is 0 Å². The fraction of sp³-hybridized carbons (Fsp3) is 0.188. The molecule has 0 aliphatic rings. The predicted octanol–water partition coefficient (Wildman–Crippen LogP) is 5.41. The average molecular weight is 438 g/mol. The fourth-order valence-electron chi connectivity index (χ4n) is 1.95. The van der Waals surface area contributed by atoms with Crippen LogP contribution in [0.5, 0.6) is 5.75 Å². The second-order valence-electron chi connectivity index (χ2n) is 4.89. The minimum atomic E-state index is -0.350. The lowest BCUT2D eigenvalue weighted by Gasteiger charge is -2.12. The molecule has 0 unspecified atom stereocenters. The van der Waals surface area contributed by atoms with Gasteiger partial charge in [0, 0.05) is 6.42 Å². The molecule has 2 rings (SSSR count). The van der Waals surface area contributed by atoms with E-state index in [1.54, 1.807) is 18.2 Å². The summed E-state index contributed by atoms with van der Waals surface area (Å²) < 4.78 is 6.47. The molecule has 0 atom stereocenters. The number of rotatable bonds is 6. The molecule has 2 aromatic carbocycles. The van der Waals surface area contributed by atoms with Crippen molar-refractivity contribution < 1.29 is 9.53 Å². The highest BCUT2D eigenvalue weighted by atomic mass is 79.9. The standard InChI is InChI=1S/C16H13BrCl3NO2/c17-11-5-9(2-4-15(21)22)6-14(20)16(11)23-8-10-1-3-12(18)13(19)7-10/h1,3,5-7H,2,4,8H2,(H2,21,22). The Labute approximate surface area is 157 Å². The molecule has 0 aromatic heterocycles. The molecule has 0 aliphatic carbocycles. The Morgan fingerprint density at radius 2 is 1.74 bits per heavy atom. The number of benzene rings is 2. The van der Waals surface area contributed by atoms with Gasteiger partial charge in [0.2, 0.25) is 5.91 Å². The van der Waals surface area contributed by atoms with E-state index < -0.39 is 0 Å². The van der Waals surface area contributed by atoms with Crippen LogP contribution in [0.3, 0.4) is 0 Å². The summed E-state index contributed by atoms with van der Waals surface area (Å²) >= 11 is 21.5. The molecule has 0 saturated heterocycles. The Kier molecular flexibility index (Phi) is 6.60. The van der Waals surface area contributed by atoms with Crippen LogP contribution in [0.2, 0.25) is 15.1 Å². The van der Waals surface area contributed by atoms with Crippen LogP contribution in [0.15, 0.2) is 34.8 Å². The smallest absolute Gasteiger partial charge is 0.217 e. The van der Waals surface area contributed by atoms with Crippen molar-refractivity contribution >= 4 is 56.6 Å². The van der Waals surface area contributed by atoms with Crippen LogP contribution in [0.1, 0.15) is 17.5 Å². The van der Waals surface area contributed by atoms with Crippen molar-refractivity contribution in [1.29, 1.82) is 0 Å². The molecule has 0 radical (unpaired) electrons. The van der Waals surface area contributed by atoms with E-state index in [4.69, 9.17) is 45.3 Å². The van der Waals surface area contributed by atoms with Gasteiger partial charge in [-0.15, -0.1) is 0 Å². The minimum Gasteiger partial charge on any atom is -0.486 e. The highest BCUT2D eigenvalue weighted by molar-refractivity contribution is 9.10. The molecule has 2 N–H and O–H groups in total. The van der Waals surface area contributed by atoms with Crippen LogP contribution >= 0.6 is 50.7 Å². The fourth-order valence-corrected chi connectivity index (χ4v) is 3.30. The van der Waals surface area contributed by atoms with Gasteiger partial charge < -0.3 is 10.5 Å². The Morgan fingerprint density at radius 1 is 1.04 bits per heavy atom. The summed E-state index contributed by atoms with van der Waals surface area (Å²) in [6.07, 6.45) is 0.799. The van der Waals surface area contributed by atoms with Gasteiger partial charge >= 0.3 is 0 Å². The third kappa shape index (κ3) is 5.28. The molecule has 0 bridgehead atoms. The summed E-state index contributed by atoms with van der Waals surface area (Å²) in [7, 11) is 0. The number of halogens is 4. The van der Waals surface area contributed by atoms with E-state index in [-0.39, 0.29) is 12.3 Å².